The smallest absolute Gasteiger partial charge is 0.323 e. The molecule has 4 aromatic rings. The number of nitrogens with zero attached hydrogens (tertiary/aromatic N) is 3. The highest BCUT2D eigenvalue weighted by atomic mass is 35.5. The van der Waals surface area contributed by atoms with E-state index in [9.17, 15) is 9.59 Å². The van der Waals surface area contributed by atoms with Gasteiger partial charge in [0, 0.05) is 6.54 Å². The number of amides is 1. The van der Waals surface area contributed by atoms with Gasteiger partial charge in [0.05, 0.1) is 27.4 Å². The Labute approximate surface area is 158 Å². The maximum atomic E-state index is 12.5. The summed E-state index contributed by atoms with van der Waals surface area (Å²) in [5, 5.41) is 11.4. The van der Waals surface area contributed by atoms with Gasteiger partial charge in [-0.25, -0.2) is 9.48 Å². The molecule has 2 aromatic heterocycles. The highest BCUT2D eigenvalue weighted by molar-refractivity contribution is 6.32. The lowest BCUT2D eigenvalue weighted by Gasteiger charge is -2.06. The van der Waals surface area contributed by atoms with Crippen LogP contribution in [0.2, 0.25) is 5.02 Å². The molecule has 136 valence electrons. The Kier molecular flexibility index (Phi) is 4.25. The van der Waals surface area contributed by atoms with E-state index in [0.29, 0.717) is 34.0 Å². The zero-order valence-corrected chi connectivity index (χ0v) is 15.0. The average Bonchev–Trinajstić information content (AvgIpc) is 3.21. The number of carbonyl (C=O) groups excluding carboxylic acids is 1. The molecule has 2 aromatic carbocycles. The maximum absolute atomic E-state index is 12.5. The van der Waals surface area contributed by atoms with Crippen molar-refractivity contribution in [3.63, 3.8) is 0 Å². The highest BCUT2D eigenvalue weighted by Crippen LogP contribution is 2.21. The fourth-order valence-corrected chi connectivity index (χ4v) is 3.06. The van der Waals surface area contributed by atoms with Crippen molar-refractivity contribution >= 4 is 28.5 Å². The van der Waals surface area contributed by atoms with Crippen molar-refractivity contribution in [3.05, 3.63) is 74.9 Å². The quantitative estimate of drug-likeness (QED) is 0.503. The molecule has 0 radical (unpaired) electrons. The number of aromatic amines is 2. The van der Waals surface area contributed by atoms with Gasteiger partial charge in [-0.3, -0.25) is 4.79 Å². The van der Waals surface area contributed by atoms with E-state index in [0.717, 1.165) is 5.56 Å². The van der Waals surface area contributed by atoms with E-state index in [2.05, 4.69) is 25.6 Å². The number of aromatic nitrogens is 5. The first-order valence-electron chi connectivity index (χ1n) is 8.19. The second-order valence-electron chi connectivity index (χ2n) is 6.03. The Morgan fingerprint density at radius 3 is 2.78 bits per heavy atom. The lowest BCUT2D eigenvalue weighted by Crippen LogP contribution is -2.24. The first-order chi connectivity index (χ1) is 13.0. The summed E-state index contributed by atoms with van der Waals surface area (Å²) < 4.78 is 1.54. The van der Waals surface area contributed by atoms with Gasteiger partial charge in [0.15, 0.2) is 5.69 Å². The van der Waals surface area contributed by atoms with Crippen molar-refractivity contribution < 1.29 is 4.79 Å². The molecule has 0 saturated heterocycles. The van der Waals surface area contributed by atoms with Crippen molar-refractivity contribution in [2.45, 2.75) is 13.5 Å². The van der Waals surface area contributed by atoms with E-state index < -0.39 is 0 Å². The standard InChI is InChI=1S/C18H15ClN6O2/c1-10-16(23-24-25(10)15-5-3-2-4-12(15)19)17(26)20-9-11-6-7-13-14(8-11)22-18(27)21-13/h2-8H,9H2,1H3,(H,20,26)(H2,21,22,27). The summed E-state index contributed by atoms with van der Waals surface area (Å²) in [7, 11) is 0. The van der Waals surface area contributed by atoms with Gasteiger partial charge in [0.25, 0.3) is 5.91 Å². The van der Waals surface area contributed by atoms with Crippen LogP contribution in [0.25, 0.3) is 16.7 Å². The number of imidazole rings is 1. The predicted octanol–water partition coefficient (Wildman–Crippen LogP) is 2.33. The molecular weight excluding hydrogens is 368 g/mol. The number of rotatable bonds is 4. The van der Waals surface area contributed by atoms with Crippen molar-refractivity contribution in [1.82, 2.24) is 30.3 Å². The molecule has 9 heteroatoms. The van der Waals surface area contributed by atoms with Crippen LogP contribution in [0.15, 0.2) is 47.3 Å². The summed E-state index contributed by atoms with van der Waals surface area (Å²) in [5.41, 5.74) is 3.46. The lowest BCUT2D eigenvalue weighted by atomic mass is 10.2. The molecule has 0 atom stereocenters. The molecular formula is C18H15ClN6O2. The van der Waals surface area contributed by atoms with Gasteiger partial charge in [-0.15, -0.1) is 5.10 Å². The Morgan fingerprint density at radius 2 is 1.96 bits per heavy atom. The van der Waals surface area contributed by atoms with Crippen molar-refractivity contribution in [2.75, 3.05) is 0 Å². The third kappa shape index (κ3) is 3.22. The number of benzene rings is 2. The van der Waals surface area contributed by atoms with Crippen LogP contribution in [0.1, 0.15) is 21.7 Å². The molecule has 27 heavy (non-hydrogen) atoms. The Balaban J connectivity index is 1.53. The Morgan fingerprint density at radius 1 is 1.19 bits per heavy atom. The number of nitrogens with one attached hydrogen (secondary N) is 3. The average molecular weight is 383 g/mol. The molecule has 0 saturated carbocycles. The molecule has 0 spiro atoms. The highest BCUT2D eigenvalue weighted by Gasteiger charge is 2.18. The SMILES string of the molecule is Cc1c(C(=O)NCc2ccc3[nH]c(=O)[nH]c3c2)nnn1-c1ccccc1Cl. The zero-order chi connectivity index (χ0) is 19.0. The topological polar surface area (TPSA) is 108 Å². The molecule has 4 rings (SSSR count). The molecule has 0 aliphatic heterocycles. The molecule has 0 aliphatic carbocycles. The first-order valence-corrected chi connectivity index (χ1v) is 8.57. The number of fused-ring (bicyclic) bond motifs is 1. The molecule has 0 fully saturated rings. The fourth-order valence-electron chi connectivity index (χ4n) is 2.85. The van der Waals surface area contributed by atoms with Crippen molar-refractivity contribution in [1.29, 1.82) is 0 Å². The zero-order valence-electron chi connectivity index (χ0n) is 14.3. The van der Waals surface area contributed by atoms with E-state index in [1.807, 2.05) is 18.2 Å². The van der Waals surface area contributed by atoms with Gasteiger partial charge in [-0.2, -0.15) is 0 Å². The maximum Gasteiger partial charge on any atom is 0.323 e. The minimum Gasteiger partial charge on any atom is -0.347 e. The molecule has 0 bridgehead atoms. The van der Waals surface area contributed by atoms with Crippen LogP contribution in [0.4, 0.5) is 0 Å². The van der Waals surface area contributed by atoms with Gasteiger partial charge in [-0.05, 0) is 36.8 Å². The third-order valence-electron chi connectivity index (χ3n) is 4.22. The summed E-state index contributed by atoms with van der Waals surface area (Å²) in [5.74, 6) is -0.339. The van der Waals surface area contributed by atoms with Crippen LogP contribution in [-0.2, 0) is 6.54 Å². The molecule has 2 heterocycles. The van der Waals surface area contributed by atoms with Gasteiger partial charge in [0.1, 0.15) is 0 Å². The summed E-state index contributed by atoms with van der Waals surface area (Å²) in [6.07, 6.45) is 0. The van der Waals surface area contributed by atoms with Crippen LogP contribution in [0.5, 0.6) is 0 Å². The van der Waals surface area contributed by atoms with E-state index >= 15 is 0 Å². The van der Waals surface area contributed by atoms with Crippen LogP contribution < -0.4 is 11.0 Å². The van der Waals surface area contributed by atoms with Crippen molar-refractivity contribution in [3.8, 4) is 5.69 Å². The van der Waals surface area contributed by atoms with E-state index in [4.69, 9.17) is 11.6 Å². The molecule has 0 unspecified atom stereocenters. The molecule has 8 nitrogen and oxygen atoms in total. The predicted molar refractivity (Wildman–Crippen MR) is 101 cm³/mol. The lowest BCUT2D eigenvalue weighted by molar-refractivity contribution is 0.0945. The van der Waals surface area contributed by atoms with E-state index in [-0.39, 0.29) is 17.3 Å². The normalized spacial score (nSPS) is 11.0. The van der Waals surface area contributed by atoms with Gasteiger partial charge < -0.3 is 15.3 Å². The monoisotopic (exact) mass is 382 g/mol. The number of H-pyrrole nitrogens is 2. The van der Waals surface area contributed by atoms with Gasteiger partial charge in [-0.1, -0.05) is 35.0 Å². The molecule has 1 amide bonds. The third-order valence-corrected chi connectivity index (χ3v) is 4.54. The Hall–Kier alpha value is -3.39. The van der Waals surface area contributed by atoms with Crippen LogP contribution in [0.3, 0.4) is 0 Å². The fraction of sp³-hybridized carbons (Fsp3) is 0.111. The number of para-hydroxylation sites is 1. The molecule has 3 N–H and O–H groups in total. The Bertz CT molecular complexity index is 1210. The number of hydrogen-bond acceptors (Lipinski definition) is 4. The minimum absolute atomic E-state index is 0.228. The second kappa shape index (κ2) is 6.73. The van der Waals surface area contributed by atoms with E-state index in [1.165, 1.54) is 4.68 Å². The summed E-state index contributed by atoms with van der Waals surface area (Å²) in [6.45, 7) is 2.05. The van der Waals surface area contributed by atoms with Gasteiger partial charge in [0.2, 0.25) is 0 Å². The minimum atomic E-state index is -0.339. The molecule has 0 aliphatic rings. The van der Waals surface area contributed by atoms with E-state index in [1.54, 1.807) is 31.2 Å². The number of carbonyl (C=O) groups is 1. The van der Waals surface area contributed by atoms with Crippen molar-refractivity contribution in [2.24, 2.45) is 0 Å². The number of halogens is 1. The van der Waals surface area contributed by atoms with Crippen LogP contribution in [0, 0.1) is 6.92 Å². The first kappa shape index (κ1) is 17.0. The van der Waals surface area contributed by atoms with Crippen LogP contribution >= 0.6 is 11.6 Å². The second-order valence-corrected chi connectivity index (χ2v) is 6.44. The van der Waals surface area contributed by atoms with Crippen LogP contribution in [-0.4, -0.2) is 30.9 Å². The largest absolute Gasteiger partial charge is 0.347 e. The summed E-state index contributed by atoms with van der Waals surface area (Å²) >= 11 is 6.19. The van der Waals surface area contributed by atoms with Gasteiger partial charge >= 0.3 is 5.69 Å². The number of hydrogen-bond donors (Lipinski definition) is 3. The summed E-state index contributed by atoms with van der Waals surface area (Å²) in [4.78, 5) is 29.2. The summed E-state index contributed by atoms with van der Waals surface area (Å²) in [6, 6.07) is 12.6.